The van der Waals surface area contributed by atoms with Crippen molar-refractivity contribution in [3.05, 3.63) is 58.5 Å². The zero-order chi connectivity index (χ0) is 23.2. The number of hydrogen-bond donors (Lipinski definition) is 1. The van der Waals surface area contributed by atoms with Crippen LogP contribution in [0.1, 0.15) is 25.6 Å². The molecule has 0 spiro atoms. The number of esters is 1. The Kier molecular flexibility index (Phi) is 7.43. The Morgan fingerprint density at radius 1 is 1.12 bits per heavy atom. The molecule has 33 heavy (non-hydrogen) atoms. The summed E-state index contributed by atoms with van der Waals surface area (Å²) < 4.78 is 23.4. The fourth-order valence-corrected chi connectivity index (χ4v) is 4.80. The maximum absolute atomic E-state index is 13.0. The van der Waals surface area contributed by atoms with Gasteiger partial charge in [-0.15, -0.1) is 11.3 Å². The zero-order valence-corrected chi connectivity index (χ0v) is 19.2. The minimum atomic E-state index is -0.503. The molecule has 0 unspecified atom stereocenters. The molecule has 1 fully saturated rings. The molecule has 8 nitrogen and oxygen atoms in total. The van der Waals surface area contributed by atoms with Crippen LogP contribution in [0.25, 0.3) is 10.1 Å². The number of nitrogens with two attached hydrogens (primary N) is 1. The molecule has 1 amide bonds. The van der Waals surface area contributed by atoms with Crippen LogP contribution in [0.5, 0.6) is 11.5 Å². The molecular formula is C24H26N2O6S. The number of morpholine rings is 1. The fraction of sp³-hybridized carbons (Fsp3) is 0.333. The number of benzene rings is 2. The molecular weight excluding hydrogens is 444 g/mol. The van der Waals surface area contributed by atoms with Gasteiger partial charge < -0.3 is 24.7 Å². The minimum absolute atomic E-state index is 0.143. The van der Waals surface area contributed by atoms with E-state index >= 15 is 0 Å². The second-order valence-electron chi connectivity index (χ2n) is 7.51. The molecule has 2 heterocycles. The molecule has 2 N–H and O–H groups in total. The number of carbonyl (C=O) groups is 2. The minimum Gasteiger partial charge on any atom is -0.496 e. The molecule has 1 saturated heterocycles. The van der Waals surface area contributed by atoms with Gasteiger partial charge in [-0.3, -0.25) is 9.69 Å². The van der Waals surface area contributed by atoms with Crippen molar-refractivity contribution >= 4 is 33.3 Å². The number of amides is 1. The number of carbonyl (C=O) groups excluding carboxylic acids is 2. The van der Waals surface area contributed by atoms with Crippen molar-refractivity contribution in [2.24, 2.45) is 5.73 Å². The second kappa shape index (κ2) is 10.7. The topological polar surface area (TPSA) is 100 Å². The number of fused-ring (bicyclic) bond motifs is 1. The summed E-state index contributed by atoms with van der Waals surface area (Å²) in [6, 6.07) is 12.2. The number of primary amides is 1. The normalized spacial score (nSPS) is 14.2. The van der Waals surface area contributed by atoms with Crippen molar-refractivity contribution in [2.45, 2.75) is 6.61 Å². The molecule has 174 valence electrons. The first-order valence-corrected chi connectivity index (χ1v) is 11.5. The summed E-state index contributed by atoms with van der Waals surface area (Å²) in [6.45, 7) is 4.19. The fourth-order valence-electron chi connectivity index (χ4n) is 3.68. The van der Waals surface area contributed by atoms with Crippen LogP contribution in [-0.2, 0) is 16.1 Å². The highest BCUT2D eigenvalue weighted by molar-refractivity contribution is 7.21. The lowest BCUT2D eigenvalue weighted by Gasteiger charge is -2.26. The third-order valence-electron chi connectivity index (χ3n) is 5.45. The third-order valence-corrected chi connectivity index (χ3v) is 6.62. The van der Waals surface area contributed by atoms with E-state index in [9.17, 15) is 9.59 Å². The third kappa shape index (κ3) is 5.44. The Balaban J connectivity index is 1.53. The number of methoxy groups -OCH3 is 1. The lowest BCUT2D eigenvalue weighted by atomic mass is 10.1. The highest BCUT2D eigenvalue weighted by Crippen LogP contribution is 2.38. The monoisotopic (exact) mass is 470 g/mol. The zero-order valence-electron chi connectivity index (χ0n) is 18.4. The van der Waals surface area contributed by atoms with Gasteiger partial charge in [-0.2, -0.15) is 0 Å². The van der Waals surface area contributed by atoms with Gasteiger partial charge in [-0.05, 0) is 36.4 Å². The van der Waals surface area contributed by atoms with Gasteiger partial charge in [0.15, 0.2) is 0 Å². The van der Waals surface area contributed by atoms with Crippen LogP contribution in [0.15, 0.2) is 42.5 Å². The van der Waals surface area contributed by atoms with Gasteiger partial charge in [0.1, 0.15) is 29.6 Å². The Labute approximate surface area is 195 Å². The average molecular weight is 471 g/mol. The molecule has 1 aromatic heterocycles. The lowest BCUT2D eigenvalue weighted by molar-refractivity contribution is 0.0197. The molecule has 2 aromatic carbocycles. The van der Waals surface area contributed by atoms with Crippen LogP contribution < -0.4 is 15.2 Å². The first kappa shape index (κ1) is 23.0. The molecule has 0 radical (unpaired) electrons. The maximum Gasteiger partial charge on any atom is 0.348 e. The summed E-state index contributed by atoms with van der Waals surface area (Å²) in [5, 5.41) is 0.832. The van der Waals surface area contributed by atoms with E-state index in [1.165, 1.54) is 11.3 Å². The highest BCUT2D eigenvalue weighted by Gasteiger charge is 2.23. The average Bonchev–Trinajstić information content (AvgIpc) is 3.22. The van der Waals surface area contributed by atoms with Crippen LogP contribution in [0.3, 0.4) is 0 Å². The van der Waals surface area contributed by atoms with Crippen molar-refractivity contribution in [1.82, 2.24) is 4.90 Å². The number of nitrogens with zero attached hydrogens (tertiary/aromatic N) is 1. The Bertz CT molecular complexity index is 1120. The van der Waals surface area contributed by atoms with Crippen LogP contribution in [-0.4, -0.2) is 63.3 Å². The first-order chi connectivity index (χ1) is 16.1. The molecule has 4 rings (SSSR count). The van der Waals surface area contributed by atoms with Gasteiger partial charge in [0, 0.05) is 40.8 Å². The predicted octanol–water partition coefficient (Wildman–Crippen LogP) is 3.08. The summed E-state index contributed by atoms with van der Waals surface area (Å²) in [5.41, 5.74) is 6.41. The van der Waals surface area contributed by atoms with Gasteiger partial charge in [-0.1, -0.05) is 6.07 Å². The quantitative estimate of drug-likeness (QED) is 0.480. The van der Waals surface area contributed by atoms with Gasteiger partial charge in [0.25, 0.3) is 0 Å². The molecule has 0 atom stereocenters. The number of hydrogen-bond acceptors (Lipinski definition) is 8. The summed E-state index contributed by atoms with van der Waals surface area (Å²) in [7, 11) is 1.60. The van der Waals surface area contributed by atoms with Crippen molar-refractivity contribution in [3.63, 3.8) is 0 Å². The van der Waals surface area contributed by atoms with E-state index in [1.54, 1.807) is 31.4 Å². The molecule has 3 aromatic rings. The Hall–Kier alpha value is -3.14. The van der Waals surface area contributed by atoms with E-state index in [2.05, 4.69) is 4.90 Å². The molecule has 9 heteroatoms. The summed E-state index contributed by atoms with van der Waals surface area (Å²) in [5.74, 6) is 0.339. The van der Waals surface area contributed by atoms with Gasteiger partial charge in [0.05, 0.1) is 20.3 Å². The Morgan fingerprint density at radius 2 is 1.88 bits per heavy atom. The number of thiophene rings is 1. The van der Waals surface area contributed by atoms with Gasteiger partial charge in [0.2, 0.25) is 5.91 Å². The number of ether oxygens (including phenoxy) is 4. The first-order valence-electron chi connectivity index (χ1n) is 10.6. The summed E-state index contributed by atoms with van der Waals surface area (Å²) in [6.07, 6.45) is 0. The molecule has 1 aliphatic heterocycles. The molecule has 0 saturated carbocycles. The van der Waals surface area contributed by atoms with Gasteiger partial charge >= 0.3 is 5.97 Å². The standard InChI is InChI=1S/C24H26N2O6S/c1-29-19-3-2-4-20-21(19)18(15-32-17-7-5-16(6-8-17)23(25)27)22(33-20)24(28)31-14-11-26-9-12-30-13-10-26/h2-8H,9-15H2,1H3,(H2,25,27). The molecule has 0 bridgehead atoms. The largest absolute Gasteiger partial charge is 0.496 e. The van der Waals surface area contributed by atoms with Crippen molar-refractivity contribution < 1.29 is 28.5 Å². The van der Waals surface area contributed by atoms with Crippen molar-refractivity contribution in [2.75, 3.05) is 46.6 Å². The van der Waals surface area contributed by atoms with E-state index in [4.69, 9.17) is 24.7 Å². The molecule has 1 aliphatic rings. The van der Waals surface area contributed by atoms with Crippen LogP contribution in [0, 0.1) is 0 Å². The van der Waals surface area contributed by atoms with Gasteiger partial charge in [-0.25, -0.2) is 4.79 Å². The van der Waals surface area contributed by atoms with E-state index < -0.39 is 5.91 Å². The Morgan fingerprint density at radius 3 is 2.58 bits per heavy atom. The number of rotatable bonds is 9. The van der Waals surface area contributed by atoms with Crippen LogP contribution >= 0.6 is 11.3 Å². The second-order valence-corrected chi connectivity index (χ2v) is 8.56. The maximum atomic E-state index is 13.0. The summed E-state index contributed by atoms with van der Waals surface area (Å²) in [4.78, 5) is 27.0. The van der Waals surface area contributed by atoms with Crippen LogP contribution in [0.4, 0.5) is 0 Å². The molecule has 0 aliphatic carbocycles. The van der Waals surface area contributed by atoms with E-state index in [1.807, 2.05) is 18.2 Å². The smallest absolute Gasteiger partial charge is 0.348 e. The van der Waals surface area contributed by atoms with E-state index in [-0.39, 0.29) is 12.6 Å². The SMILES string of the molecule is COc1cccc2sc(C(=O)OCCN3CCOCC3)c(COc3ccc(C(N)=O)cc3)c12. The van der Waals surface area contributed by atoms with Crippen molar-refractivity contribution in [3.8, 4) is 11.5 Å². The van der Waals surface area contributed by atoms with E-state index in [0.29, 0.717) is 53.9 Å². The predicted molar refractivity (Wildman–Crippen MR) is 125 cm³/mol. The lowest BCUT2D eigenvalue weighted by Crippen LogP contribution is -2.38. The van der Waals surface area contributed by atoms with Crippen LogP contribution in [0.2, 0.25) is 0 Å². The summed E-state index contributed by atoms with van der Waals surface area (Å²) >= 11 is 1.36. The van der Waals surface area contributed by atoms with Crippen molar-refractivity contribution in [1.29, 1.82) is 0 Å². The van der Waals surface area contributed by atoms with E-state index in [0.717, 1.165) is 23.2 Å². The highest BCUT2D eigenvalue weighted by atomic mass is 32.1.